The average Bonchev–Trinajstić information content (AvgIpc) is 3.23. The Bertz CT molecular complexity index is 1170. The van der Waals surface area contributed by atoms with E-state index >= 15 is 0 Å². The van der Waals surface area contributed by atoms with Crippen LogP contribution in [0.5, 0.6) is 5.75 Å². The van der Waals surface area contributed by atoms with Gasteiger partial charge in [-0.3, -0.25) is 9.48 Å². The number of nitrogens with one attached hydrogen (secondary N) is 1. The highest BCUT2D eigenvalue weighted by atomic mass is 32.2. The molecule has 34 heavy (non-hydrogen) atoms. The molecule has 2 saturated heterocycles. The lowest BCUT2D eigenvalue weighted by atomic mass is 10.0. The van der Waals surface area contributed by atoms with E-state index in [4.69, 9.17) is 19.3 Å². The van der Waals surface area contributed by atoms with E-state index in [-0.39, 0.29) is 28.3 Å². The molecule has 2 aromatic rings. The molecule has 10 nitrogen and oxygen atoms in total. The molecular formula is C23H30N4O6S. The highest BCUT2D eigenvalue weighted by Crippen LogP contribution is 2.43. The first-order valence-electron chi connectivity index (χ1n) is 11.7. The number of ether oxygens (including phenoxy) is 3. The van der Waals surface area contributed by atoms with Crippen molar-refractivity contribution >= 4 is 15.7 Å². The smallest absolute Gasteiger partial charge is 0.274 e. The van der Waals surface area contributed by atoms with Crippen molar-refractivity contribution in [2.24, 2.45) is 0 Å². The number of carbonyl (C=O) groups excluding carboxylic acids is 1. The number of hydrogen-bond acceptors (Lipinski definition) is 8. The Morgan fingerprint density at radius 1 is 1.26 bits per heavy atom. The van der Waals surface area contributed by atoms with E-state index in [1.54, 1.807) is 30.2 Å². The summed E-state index contributed by atoms with van der Waals surface area (Å²) in [5.74, 6) is 0.0627. The number of carbonyl (C=O) groups is 1. The zero-order chi connectivity index (χ0) is 23.7. The molecule has 0 radical (unpaired) electrons. The second kappa shape index (κ2) is 9.65. The van der Waals surface area contributed by atoms with E-state index in [1.807, 2.05) is 4.68 Å². The molecule has 1 aromatic carbocycles. The Hall–Kier alpha value is -2.47. The molecule has 1 N–H and O–H groups in total. The van der Waals surface area contributed by atoms with E-state index in [9.17, 15) is 13.2 Å². The van der Waals surface area contributed by atoms with E-state index in [2.05, 4.69) is 5.32 Å². The Labute approximate surface area is 199 Å². The van der Waals surface area contributed by atoms with E-state index in [0.717, 1.165) is 19.4 Å². The van der Waals surface area contributed by atoms with Crippen LogP contribution in [0, 0.1) is 0 Å². The summed E-state index contributed by atoms with van der Waals surface area (Å²) in [7, 11) is -2.05. The lowest BCUT2D eigenvalue weighted by molar-refractivity contribution is 0.0297. The molecule has 0 bridgehead atoms. The summed E-state index contributed by atoms with van der Waals surface area (Å²) >= 11 is 0. The minimum absolute atomic E-state index is 0.0282. The molecule has 0 spiro atoms. The van der Waals surface area contributed by atoms with Gasteiger partial charge < -0.3 is 24.4 Å². The molecule has 11 heteroatoms. The molecule has 0 unspecified atom stereocenters. The summed E-state index contributed by atoms with van der Waals surface area (Å²) in [4.78, 5) is 15.4. The van der Waals surface area contributed by atoms with Crippen LogP contribution >= 0.6 is 0 Å². The highest BCUT2D eigenvalue weighted by molar-refractivity contribution is 7.90. The number of morpholine rings is 1. The van der Waals surface area contributed by atoms with Crippen molar-refractivity contribution in [3.8, 4) is 17.0 Å². The molecule has 3 aliphatic heterocycles. The number of hydrogen-bond donors (Lipinski definition) is 1. The number of fused-ring (bicyclic) bond motifs is 3. The minimum Gasteiger partial charge on any atom is -0.491 e. The third kappa shape index (κ3) is 4.33. The van der Waals surface area contributed by atoms with Gasteiger partial charge in [-0.15, -0.1) is 0 Å². The number of piperidine rings is 1. The number of benzene rings is 1. The van der Waals surface area contributed by atoms with Crippen molar-refractivity contribution in [3.05, 3.63) is 29.5 Å². The first-order chi connectivity index (χ1) is 16.5. The van der Waals surface area contributed by atoms with Crippen LogP contribution < -0.4 is 10.1 Å². The molecule has 5 rings (SSSR count). The van der Waals surface area contributed by atoms with Crippen molar-refractivity contribution in [3.63, 3.8) is 0 Å². The Morgan fingerprint density at radius 2 is 2.09 bits per heavy atom. The zero-order valence-corrected chi connectivity index (χ0v) is 20.1. The number of sulfone groups is 1. The molecule has 4 heterocycles. The lowest BCUT2D eigenvalue weighted by Gasteiger charge is -2.27. The van der Waals surface area contributed by atoms with Crippen LogP contribution in [-0.2, 0) is 25.1 Å². The quantitative estimate of drug-likeness (QED) is 0.603. The summed E-state index contributed by atoms with van der Waals surface area (Å²) in [5, 5.41) is 8.18. The van der Waals surface area contributed by atoms with Crippen molar-refractivity contribution < 1.29 is 27.4 Å². The van der Waals surface area contributed by atoms with Crippen LogP contribution in [0.2, 0.25) is 0 Å². The van der Waals surface area contributed by atoms with Gasteiger partial charge in [0.1, 0.15) is 12.4 Å². The van der Waals surface area contributed by atoms with Gasteiger partial charge in [0.15, 0.2) is 15.5 Å². The fourth-order valence-corrected chi connectivity index (χ4v) is 6.43. The van der Waals surface area contributed by atoms with Gasteiger partial charge in [-0.05, 0) is 37.6 Å². The van der Waals surface area contributed by atoms with Gasteiger partial charge in [0.05, 0.1) is 42.2 Å². The Morgan fingerprint density at radius 3 is 2.82 bits per heavy atom. The van der Waals surface area contributed by atoms with Gasteiger partial charge in [-0.25, -0.2) is 8.42 Å². The fraction of sp³-hybridized carbons (Fsp3) is 0.565. The number of amides is 1. The Balaban J connectivity index is 1.64. The van der Waals surface area contributed by atoms with Crippen LogP contribution in [0.15, 0.2) is 23.1 Å². The summed E-state index contributed by atoms with van der Waals surface area (Å²) in [6.45, 7) is 4.27. The average molecular weight is 491 g/mol. The number of nitrogens with zero attached hydrogens (tertiary/aromatic N) is 3. The van der Waals surface area contributed by atoms with Crippen molar-refractivity contribution in [1.29, 1.82) is 0 Å². The molecular weight excluding hydrogens is 460 g/mol. The van der Waals surface area contributed by atoms with Crippen molar-refractivity contribution in [2.45, 2.75) is 29.5 Å². The Kier molecular flexibility index (Phi) is 6.61. The fourth-order valence-electron chi connectivity index (χ4n) is 4.85. The SMILES string of the molecule is COCCOc1ccc2c(c1)-c1c(c(C(=O)N3CCOCC3)nn1[C@@H]1CCCNC1)CS2(=O)=O. The second-order valence-electron chi connectivity index (χ2n) is 8.78. The van der Waals surface area contributed by atoms with Crippen molar-refractivity contribution in [1.82, 2.24) is 20.0 Å². The van der Waals surface area contributed by atoms with Gasteiger partial charge in [0, 0.05) is 37.9 Å². The topological polar surface area (TPSA) is 112 Å². The lowest BCUT2D eigenvalue weighted by Crippen LogP contribution is -2.41. The standard InChI is InChI=1S/C23H30N4O6S/c1-31-11-12-33-17-4-5-20-18(13-17)22-19(15-34(20,29)30)21(23(28)26-7-9-32-10-8-26)25-27(22)16-3-2-6-24-14-16/h4-5,13,16,24H,2-3,6-12,14-15H2,1H3/t16-/m1/s1. The van der Waals surface area contributed by atoms with Gasteiger partial charge in [-0.1, -0.05) is 0 Å². The minimum atomic E-state index is -3.65. The predicted molar refractivity (Wildman–Crippen MR) is 124 cm³/mol. The van der Waals surface area contributed by atoms with E-state index in [1.165, 1.54) is 0 Å². The number of methoxy groups -OCH3 is 1. The van der Waals surface area contributed by atoms with Crippen molar-refractivity contribution in [2.75, 3.05) is 59.7 Å². The molecule has 184 valence electrons. The molecule has 1 amide bonds. The molecule has 1 aromatic heterocycles. The second-order valence-corrected chi connectivity index (χ2v) is 10.7. The zero-order valence-electron chi connectivity index (χ0n) is 19.3. The van der Waals surface area contributed by atoms with Crippen LogP contribution in [0.3, 0.4) is 0 Å². The third-order valence-electron chi connectivity index (χ3n) is 6.56. The molecule has 0 saturated carbocycles. The van der Waals surface area contributed by atoms with Crippen LogP contribution in [-0.4, -0.2) is 88.7 Å². The molecule has 1 atom stereocenters. The first-order valence-corrected chi connectivity index (χ1v) is 13.3. The maximum atomic E-state index is 13.5. The van der Waals surface area contributed by atoms with Gasteiger partial charge in [0.2, 0.25) is 0 Å². The normalized spacial score (nSPS) is 21.6. The summed E-state index contributed by atoms with van der Waals surface area (Å²) in [6.07, 6.45) is 1.88. The maximum Gasteiger partial charge on any atom is 0.274 e. The molecule has 0 aliphatic carbocycles. The monoisotopic (exact) mass is 490 g/mol. The number of rotatable bonds is 6. The summed E-state index contributed by atoms with van der Waals surface area (Å²) in [6, 6.07) is 5.04. The van der Waals surface area contributed by atoms with Crippen LogP contribution in [0.4, 0.5) is 0 Å². The van der Waals surface area contributed by atoms with Crippen LogP contribution in [0.25, 0.3) is 11.3 Å². The van der Waals surface area contributed by atoms with Gasteiger partial charge in [0.25, 0.3) is 5.91 Å². The summed E-state index contributed by atoms with van der Waals surface area (Å²) < 4.78 is 44.7. The van der Waals surface area contributed by atoms with E-state index in [0.29, 0.717) is 68.6 Å². The summed E-state index contributed by atoms with van der Waals surface area (Å²) in [5.41, 5.74) is 1.94. The number of aromatic nitrogens is 2. The third-order valence-corrected chi connectivity index (χ3v) is 8.25. The van der Waals surface area contributed by atoms with Crippen LogP contribution in [0.1, 0.15) is 34.9 Å². The van der Waals surface area contributed by atoms with E-state index < -0.39 is 9.84 Å². The highest BCUT2D eigenvalue weighted by Gasteiger charge is 2.38. The maximum absolute atomic E-state index is 13.5. The predicted octanol–water partition coefficient (Wildman–Crippen LogP) is 1.26. The largest absolute Gasteiger partial charge is 0.491 e. The molecule has 3 aliphatic rings. The molecule has 2 fully saturated rings. The van der Waals surface area contributed by atoms with Gasteiger partial charge in [-0.2, -0.15) is 5.10 Å². The first kappa shape index (κ1) is 23.3. The van der Waals surface area contributed by atoms with Gasteiger partial charge >= 0.3 is 0 Å².